The SMILES string of the molecule is CN(C)CC/C=C(/CCc1ccccc1)c1ccccc1. The van der Waals surface area contributed by atoms with E-state index in [2.05, 4.69) is 85.7 Å². The first-order chi connectivity index (χ1) is 10.3. The van der Waals surface area contributed by atoms with E-state index in [9.17, 15) is 0 Å². The molecule has 0 N–H and O–H groups in total. The quantitative estimate of drug-likeness (QED) is 0.713. The average Bonchev–Trinajstić information content (AvgIpc) is 2.52. The van der Waals surface area contributed by atoms with E-state index in [1.165, 1.54) is 16.7 Å². The number of allylic oxidation sites excluding steroid dienone is 1. The molecule has 21 heavy (non-hydrogen) atoms. The molecule has 0 bridgehead atoms. The Bertz CT molecular complexity index is 541. The van der Waals surface area contributed by atoms with Crippen LogP contribution in [0.2, 0.25) is 0 Å². The van der Waals surface area contributed by atoms with Gasteiger partial charge in [-0.2, -0.15) is 0 Å². The average molecular weight is 279 g/mol. The maximum Gasteiger partial charge on any atom is 0.00100 e. The number of nitrogens with zero attached hydrogens (tertiary/aromatic N) is 1. The van der Waals surface area contributed by atoms with Gasteiger partial charge in [-0.05, 0) is 50.1 Å². The lowest BCUT2D eigenvalue weighted by atomic mass is 9.97. The van der Waals surface area contributed by atoms with Crippen LogP contribution in [0.4, 0.5) is 0 Å². The van der Waals surface area contributed by atoms with Crippen molar-refractivity contribution in [1.82, 2.24) is 4.90 Å². The summed E-state index contributed by atoms with van der Waals surface area (Å²) >= 11 is 0. The van der Waals surface area contributed by atoms with Crippen molar-refractivity contribution in [2.45, 2.75) is 19.3 Å². The van der Waals surface area contributed by atoms with Gasteiger partial charge in [-0.3, -0.25) is 0 Å². The van der Waals surface area contributed by atoms with Crippen LogP contribution in [-0.4, -0.2) is 25.5 Å². The van der Waals surface area contributed by atoms with Gasteiger partial charge in [-0.25, -0.2) is 0 Å². The van der Waals surface area contributed by atoms with Gasteiger partial charge in [-0.1, -0.05) is 66.7 Å². The summed E-state index contributed by atoms with van der Waals surface area (Å²) in [4.78, 5) is 2.23. The molecule has 0 radical (unpaired) electrons. The van der Waals surface area contributed by atoms with Crippen molar-refractivity contribution in [3.8, 4) is 0 Å². The van der Waals surface area contributed by atoms with Crippen LogP contribution in [-0.2, 0) is 6.42 Å². The second-order valence-corrected chi connectivity index (χ2v) is 5.67. The summed E-state index contributed by atoms with van der Waals surface area (Å²) in [7, 11) is 4.25. The van der Waals surface area contributed by atoms with Crippen molar-refractivity contribution in [2.24, 2.45) is 0 Å². The van der Waals surface area contributed by atoms with Crippen LogP contribution in [0.1, 0.15) is 24.0 Å². The lowest BCUT2D eigenvalue weighted by Crippen LogP contribution is -2.12. The Morgan fingerprint density at radius 1 is 0.905 bits per heavy atom. The number of hydrogen-bond donors (Lipinski definition) is 0. The monoisotopic (exact) mass is 279 g/mol. The molecule has 2 rings (SSSR count). The molecule has 0 spiro atoms. The van der Waals surface area contributed by atoms with Gasteiger partial charge in [0.1, 0.15) is 0 Å². The molecule has 2 aromatic carbocycles. The van der Waals surface area contributed by atoms with Gasteiger partial charge in [0.05, 0.1) is 0 Å². The molecule has 0 saturated heterocycles. The molecule has 0 unspecified atom stereocenters. The second-order valence-electron chi connectivity index (χ2n) is 5.67. The van der Waals surface area contributed by atoms with Crippen LogP contribution >= 0.6 is 0 Å². The lowest BCUT2D eigenvalue weighted by molar-refractivity contribution is 0.417. The fourth-order valence-corrected chi connectivity index (χ4v) is 2.44. The number of benzene rings is 2. The third-order valence-corrected chi connectivity index (χ3v) is 3.64. The molecular weight excluding hydrogens is 254 g/mol. The summed E-state index contributed by atoms with van der Waals surface area (Å²) in [6.07, 6.45) is 5.70. The van der Waals surface area contributed by atoms with Gasteiger partial charge in [-0.15, -0.1) is 0 Å². The molecule has 0 heterocycles. The molecule has 1 nitrogen and oxygen atoms in total. The summed E-state index contributed by atoms with van der Waals surface area (Å²) in [5, 5.41) is 0. The zero-order valence-electron chi connectivity index (χ0n) is 13.1. The van der Waals surface area contributed by atoms with Crippen molar-refractivity contribution in [3.63, 3.8) is 0 Å². The molecule has 0 atom stereocenters. The Morgan fingerprint density at radius 3 is 2.14 bits per heavy atom. The molecule has 110 valence electrons. The molecule has 0 aliphatic heterocycles. The fourth-order valence-electron chi connectivity index (χ4n) is 2.44. The Morgan fingerprint density at radius 2 is 1.52 bits per heavy atom. The van der Waals surface area contributed by atoms with Crippen LogP contribution in [0.25, 0.3) is 5.57 Å². The van der Waals surface area contributed by atoms with Crippen LogP contribution < -0.4 is 0 Å². The number of hydrogen-bond acceptors (Lipinski definition) is 1. The minimum Gasteiger partial charge on any atom is -0.309 e. The third-order valence-electron chi connectivity index (χ3n) is 3.64. The van der Waals surface area contributed by atoms with Crippen LogP contribution in [0.3, 0.4) is 0 Å². The molecule has 0 amide bonds. The van der Waals surface area contributed by atoms with E-state index < -0.39 is 0 Å². The van der Waals surface area contributed by atoms with Crippen molar-refractivity contribution in [3.05, 3.63) is 77.9 Å². The van der Waals surface area contributed by atoms with E-state index in [1.807, 2.05) is 0 Å². The molecule has 0 fully saturated rings. The maximum absolute atomic E-state index is 2.40. The zero-order valence-corrected chi connectivity index (χ0v) is 13.1. The Labute approximate surface area is 128 Å². The smallest absolute Gasteiger partial charge is 0.00100 e. The first kappa shape index (κ1) is 15.5. The van der Waals surface area contributed by atoms with Gasteiger partial charge in [0.25, 0.3) is 0 Å². The molecule has 2 aromatic rings. The highest BCUT2D eigenvalue weighted by molar-refractivity contribution is 5.65. The fraction of sp³-hybridized carbons (Fsp3) is 0.300. The topological polar surface area (TPSA) is 3.24 Å². The maximum atomic E-state index is 2.40. The van der Waals surface area contributed by atoms with Crippen LogP contribution in [0.5, 0.6) is 0 Å². The summed E-state index contributed by atoms with van der Waals surface area (Å²) < 4.78 is 0. The van der Waals surface area contributed by atoms with Crippen molar-refractivity contribution in [1.29, 1.82) is 0 Å². The van der Waals surface area contributed by atoms with Gasteiger partial charge in [0.2, 0.25) is 0 Å². The summed E-state index contributed by atoms with van der Waals surface area (Å²) in [5.74, 6) is 0. The minimum absolute atomic E-state index is 1.10. The predicted octanol–water partition coefficient (Wildman–Crippen LogP) is 4.65. The highest BCUT2D eigenvalue weighted by Gasteiger charge is 2.02. The number of rotatable bonds is 7. The predicted molar refractivity (Wildman–Crippen MR) is 92.4 cm³/mol. The van der Waals surface area contributed by atoms with Crippen LogP contribution in [0.15, 0.2) is 66.7 Å². The summed E-state index contributed by atoms with van der Waals surface area (Å²) in [5.41, 5.74) is 4.22. The van der Waals surface area contributed by atoms with E-state index in [-0.39, 0.29) is 0 Å². The van der Waals surface area contributed by atoms with Gasteiger partial charge in [0, 0.05) is 6.54 Å². The van der Waals surface area contributed by atoms with Crippen molar-refractivity contribution < 1.29 is 0 Å². The largest absolute Gasteiger partial charge is 0.309 e. The van der Waals surface area contributed by atoms with E-state index in [0.717, 1.165) is 25.8 Å². The molecule has 0 aromatic heterocycles. The molecule has 1 heteroatoms. The van der Waals surface area contributed by atoms with E-state index >= 15 is 0 Å². The van der Waals surface area contributed by atoms with Crippen LogP contribution in [0, 0.1) is 0 Å². The first-order valence-corrected chi connectivity index (χ1v) is 7.69. The van der Waals surface area contributed by atoms with Crippen molar-refractivity contribution in [2.75, 3.05) is 20.6 Å². The number of aryl methyl sites for hydroxylation is 1. The van der Waals surface area contributed by atoms with E-state index in [4.69, 9.17) is 0 Å². The molecule has 0 aliphatic rings. The van der Waals surface area contributed by atoms with E-state index in [0.29, 0.717) is 0 Å². The van der Waals surface area contributed by atoms with Gasteiger partial charge >= 0.3 is 0 Å². The van der Waals surface area contributed by atoms with Crippen molar-refractivity contribution >= 4 is 5.57 Å². The Hall–Kier alpha value is -1.86. The highest BCUT2D eigenvalue weighted by Crippen LogP contribution is 2.21. The normalized spacial score (nSPS) is 11.9. The van der Waals surface area contributed by atoms with E-state index in [1.54, 1.807) is 0 Å². The Kier molecular flexibility index (Phi) is 6.23. The standard InChI is InChI=1S/C20H25N/c1-21(2)17-9-14-20(19-12-7-4-8-13-19)16-15-18-10-5-3-6-11-18/h3-8,10-14H,9,15-17H2,1-2H3/b20-14-. The first-order valence-electron chi connectivity index (χ1n) is 7.69. The molecule has 0 aliphatic carbocycles. The Balaban J connectivity index is 2.05. The van der Waals surface area contributed by atoms with Gasteiger partial charge < -0.3 is 4.90 Å². The summed E-state index contributed by atoms with van der Waals surface area (Å²) in [6.45, 7) is 1.10. The molecule has 0 saturated carbocycles. The molecular formula is C20H25N. The third kappa shape index (κ3) is 5.57. The van der Waals surface area contributed by atoms with Gasteiger partial charge in [0.15, 0.2) is 0 Å². The summed E-state index contributed by atoms with van der Waals surface area (Å²) in [6, 6.07) is 21.5. The highest BCUT2D eigenvalue weighted by atomic mass is 15.0. The second kappa shape index (κ2) is 8.43. The zero-order chi connectivity index (χ0) is 14.9. The minimum atomic E-state index is 1.10. The lowest BCUT2D eigenvalue weighted by Gasteiger charge is -2.11.